The van der Waals surface area contributed by atoms with Crippen molar-refractivity contribution in [3.8, 4) is 5.75 Å². The molecule has 6 heteroatoms. The lowest BCUT2D eigenvalue weighted by Crippen LogP contribution is -2.28. The Morgan fingerprint density at radius 1 is 1.25 bits per heavy atom. The maximum Gasteiger partial charge on any atom is 0.336 e. The van der Waals surface area contributed by atoms with Crippen molar-refractivity contribution >= 4 is 5.97 Å². The van der Waals surface area contributed by atoms with E-state index in [9.17, 15) is 14.7 Å². The second-order valence-electron chi connectivity index (χ2n) is 5.67. The predicted molar refractivity (Wildman–Crippen MR) is 88.0 cm³/mol. The third kappa shape index (κ3) is 3.19. The zero-order valence-electron chi connectivity index (χ0n) is 13.4. The van der Waals surface area contributed by atoms with Crippen molar-refractivity contribution in [1.29, 1.82) is 0 Å². The summed E-state index contributed by atoms with van der Waals surface area (Å²) in [5, 5.41) is 9.39. The zero-order chi connectivity index (χ0) is 17.1. The predicted octanol–water partition coefficient (Wildman–Crippen LogP) is 1.72. The highest BCUT2D eigenvalue weighted by molar-refractivity contribution is 5.89. The Balaban J connectivity index is 2.06. The summed E-state index contributed by atoms with van der Waals surface area (Å²) in [4.78, 5) is 24.0. The number of carboxylic acids is 1. The van der Waals surface area contributed by atoms with E-state index in [-0.39, 0.29) is 11.1 Å². The summed E-state index contributed by atoms with van der Waals surface area (Å²) < 4.78 is 12.3. The van der Waals surface area contributed by atoms with Crippen molar-refractivity contribution in [1.82, 2.24) is 4.57 Å². The molecule has 0 amide bonds. The number of methoxy groups -OCH3 is 1. The number of fused-ring (bicyclic) bond motifs is 1. The van der Waals surface area contributed by atoms with Gasteiger partial charge in [0, 0.05) is 18.2 Å². The van der Waals surface area contributed by atoms with Crippen LogP contribution in [0.2, 0.25) is 0 Å². The number of aromatic nitrogens is 1. The Morgan fingerprint density at radius 3 is 2.62 bits per heavy atom. The molecule has 1 N–H and O–H groups in total. The van der Waals surface area contributed by atoms with Crippen LogP contribution >= 0.6 is 0 Å². The monoisotopic (exact) mass is 329 g/mol. The Hall–Kier alpha value is -2.60. The average molecular weight is 329 g/mol. The normalized spacial score (nSPS) is 13.9. The molecule has 2 heterocycles. The van der Waals surface area contributed by atoms with E-state index in [4.69, 9.17) is 9.47 Å². The van der Waals surface area contributed by atoms with Crippen molar-refractivity contribution in [2.45, 2.75) is 19.4 Å². The summed E-state index contributed by atoms with van der Waals surface area (Å²) in [5.74, 6) is -0.318. The van der Waals surface area contributed by atoms with Gasteiger partial charge in [0.15, 0.2) is 0 Å². The summed E-state index contributed by atoms with van der Waals surface area (Å²) in [7, 11) is 1.60. The minimum absolute atomic E-state index is 0.0893. The van der Waals surface area contributed by atoms with Crippen molar-refractivity contribution in [3.63, 3.8) is 0 Å². The molecule has 0 bridgehead atoms. The fourth-order valence-electron chi connectivity index (χ4n) is 3.03. The first-order valence-corrected chi connectivity index (χ1v) is 7.79. The highest BCUT2D eigenvalue weighted by Crippen LogP contribution is 2.20. The first kappa shape index (κ1) is 16.3. The molecule has 1 aliphatic heterocycles. The molecule has 126 valence electrons. The molecule has 0 atom stereocenters. The second-order valence-corrected chi connectivity index (χ2v) is 5.67. The number of hydrogen-bond acceptors (Lipinski definition) is 4. The minimum atomic E-state index is -1.07. The molecule has 1 aromatic carbocycles. The largest absolute Gasteiger partial charge is 0.497 e. The van der Waals surface area contributed by atoms with Gasteiger partial charge in [0.05, 0.1) is 32.4 Å². The molecule has 1 aromatic heterocycles. The van der Waals surface area contributed by atoms with Crippen LogP contribution in [-0.2, 0) is 24.1 Å². The molecule has 0 radical (unpaired) electrons. The number of pyridine rings is 1. The van der Waals surface area contributed by atoms with Gasteiger partial charge < -0.3 is 19.1 Å². The van der Waals surface area contributed by atoms with Crippen LogP contribution in [0, 0.1) is 0 Å². The van der Waals surface area contributed by atoms with E-state index in [1.54, 1.807) is 11.7 Å². The minimum Gasteiger partial charge on any atom is -0.497 e. The smallest absolute Gasteiger partial charge is 0.336 e. The van der Waals surface area contributed by atoms with Crippen molar-refractivity contribution in [2.75, 3.05) is 20.3 Å². The summed E-state index contributed by atoms with van der Waals surface area (Å²) in [6.07, 6.45) is 1.03. The molecule has 1 aliphatic rings. The Labute approximate surface area is 139 Å². The number of hydrogen-bond donors (Lipinski definition) is 1. The summed E-state index contributed by atoms with van der Waals surface area (Å²) in [5.41, 5.74) is 2.20. The Bertz CT molecular complexity index is 807. The molecule has 0 fully saturated rings. The summed E-state index contributed by atoms with van der Waals surface area (Å²) >= 11 is 0. The van der Waals surface area contributed by atoms with Gasteiger partial charge in [-0.25, -0.2) is 4.79 Å². The first-order chi connectivity index (χ1) is 11.6. The first-order valence-electron chi connectivity index (χ1n) is 7.79. The van der Waals surface area contributed by atoms with Gasteiger partial charge in [-0.1, -0.05) is 12.1 Å². The molecule has 0 saturated carbocycles. The highest BCUT2D eigenvalue weighted by Gasteiger charge is 2.21. The maximum atomic E-state index is 12.5. The lowest BCUT2D eigenvalue weighted by Gasteiger charge is -2.17. The highest BCUT2D eigenvalue weighted by atomic mass is 16.5. The van der Waals surface area contributed by atoms with E-state index < -0.39 is 5.97 Å². The van der Waals surface area contributed by atoms with Crippen LogP contribution in [0.15, 0.2) is 35.1 Å². The van der Waals surface area contributed by atoms with E-state index >= 15 is 0 Å². The summed E-state index contributed by atoms with van der Waals surface area (Å²) in [6, 6.07) is 8.70. The topological polar surface area (TPSA) is 77.8 Å². The molecular formula is C18H19NO5. The van der Waals surface area contributed by atoms with Gasteiger partial charge in [-0.2, -0.15) is 0 Å². The van der Waals surface area contributed by atoms with Gasteiger partial charge in [0.1, 0.15) is 5.75 Å². The standard InChI is InChI=1S/C18H19NO5/c1-23-13-4-2-12(3-5-13)11-19-16-7-9-24-8-6-14(16)15(18(21)22)10-17(19)20/h2-5,10H,6-9,11H2,1H3,(H,21,22). The van der Waals surface area contributed by atoms with Crippen LogP contribution in [0.25, 0.3) is 0 Å². The van der Waals surface area contributed by atoms with Crippen molar-refractivity contribution in [2.24, 2.45) is 0 Å². The number of nitrogens with zero attached hydrogens (tertiary/aromatic N) is 1. The molecule has 24 heavy (non-hydrogen) atoms. The zero-order valence-corrected chi connectivity index (χ0v) is 13.4. The van der Waals surface area contributed by atoms with Gasteiger partial charge in [0.25, 0.3) is 5.56 Å². The van der Waals surface area contributed by atoms with Crippen LogP contribution in [0.3, 0.4) is 0 Å². The Kier molecular flexibility index (Phi) is 4.66. The fraction of sp³-hybridized carbons (Fsp3) is 0.333. The number of aromatic carboxylic acids is 1. The van der Waals surface area contributed by atoms with Crippen molar-refractivity contribution < 1.29 is 19.4 Å². The SMILES string of the molecule is COc1ccc(Cn2c3c(c(C(=O)O)cc2=O)CCOCC3)cc1. The van der Waals surface area contributed by atoms with E-state index in [2.05, 4.69) is 0 Å². The van der Waals surface area contributed by atoms with E-state index in [0.717, 1.165) is 17.0 Å². The van der Waals surface area contributed by atoms with Gasteiger partial charge in [-0.05, 0) is 29.7 Å². The fourth-order valence-corrected chi connectivity index (χ4v) is 3.03. The number of benzene rings is 1. The number of carboxylic acid groups (broad SMARTS) is 1. The molecule has 0 spiro atoms. The van der Waals surface area contributed by atoms with Crippen LogP contribution < -0.4 is 10.3 Å². The Morgan fingerprint density at radius 2 is 1.96 bits per heavy atom. The lowest BCUT2D eigenvalue weighted by molar-refractivity contribution is 0.0695. The van der Waals surface area contributed by atoms with Crippen LogP contribution in [0.1, 0.15) is 27.2 Å². The maximum absolute atomic E-state index is 12.5. The third-order valence-corrected chi connectivity index (χ3v) is 4.24. The van der Waals surface area contributed by atoms with E-state index in [1.165, 1.54) is 6.07 Å². The van der Waals surface area contributed by atoms with E-state index in [1.807, 2.05) is 24.3 Å². The number of ether oxygens (including phenoxy) is 2. The molecule has 3 rings (SSSR count). The molecule has 0 aliphatic carbocycles. The van der Waals surface area contributed by atoms with E-state index in [0.29, 0.717) is 38.2 Å². The van der Waals surface area contributed by atoms with Gasteiger partial charge in [0.2, 0.25) is 0 Å². The summed E-state index contributed by atoms with van der Waals surface area (Å²) in [6.45, 7) is 1.34. The molecule has 0 unspecified atom stereocenters. The molecule has 2 aromatic rings. The van der Waals surface area contributed by atoms with Crippen LogP contribution in [0.5, 0.6) is 5.75 Å². The number of carbonyl (C=O) groups is 1. The lowest BCUT2D eigenvalue weighted by atomic mass is 10.0. The van der Waals surface area contributed by atoms with Crippen LogP contribution in [0.4, 0.5) is 0 Å². The van der Waals surface area contributed by atoms with Crippen LogP contribution in [-0.4, -0.2) is 36.0 Å². The van der Waals surface area contributed by atoms with Gasteiger partial charge in [-0.3, -0.25) is 4.79 Å². The third-order valence-electron chi connectivity index (χ3n) is 4.24. The van der Waals surface area contributed by atoms with Crippen molar-refractivity contribution in [3.05, 3.63) is 63.1 Å². The van der Waals surface area contributed by atoms with Gasteiger partial charge in [-0.15, -0.1) is 0 Å². The number of rotatable bonds is 4. The average Bonchev–Trinajstić information content (AvgIpc) is 2.83. The quantitative estimate of drug-likeness (QED) is 0.924. The second kappa shape index (κ2) is 6.88. The van der Waals surface area contributed by atoms with Gasteiger partial charge >= 0.3 is 5.97 Å². The molecule has 0 saturated heterocycles. The molecule has 6 nitrogen and oxygen atoms in total. The molecular weight excluding hydrogens is 310 g/mol.